The Labute approximate surface area is 156 Å². The number of hydrogen-bond acceptors (Lipinski definition) is 7. The smallest absolute Gasteiger partial charge is 0.322 e. The van der Waals surface area contributed by atoms with E-state index in [1.807, 2.05) is 0 Å². The maximum absolute atomic E-state index is 12.0. The molecule has 0 fully saturated rings. The third kappa shape index (κ3) is 8.83. The highest BCUT2D eigenvalue weighted by Gasteiger charge is 2.28. The predicted molar refractivity (Wildman–Crippen MR) is 95.9 cm³/mol. The van der Waals surface area contributed by atoms with Crippen LogP contribution in [0.15, 0.2) is 12.7 Å². The van der Waals surface area contributed by atoms with Gasteiger partial charge < -0.3 is 26.0 Å². The molecule has 0 bridgehead atoms. The highest BCUT2D eigenvalue weighted by molar-refractivity contribution is 7.80. The van der Waals surface area contributed by atoms with Crippen LogP contribution in [0.4, 0.5) is 0 Å². The first-order valence-corrected chi connectivity index (χ1v) is 8.36. The van der Waals surface area contributed by atoms with E-state index in [4.69, 9.17) is 5.11 Å². The van der Waals surface area contributed by atoms with Crippen LogP contribution in [0.2, 0.25) is 0 Å². The van der Waals surface area contributed by atoms with Crippen LogP contribution in [-0.4, -0.2) is 75.6 Å². The molecule has 0 rings (SSSR count). The van der Waals surface area contributed by atoms with Gasteiger partial charge in [-0.1, -0.05) is 6.08 Å². The van der Waals surface area contributed by atoms with Crippen LogP contribution in [0, 0.1) is 0 Å². The molecule has 6 N–H and O–H groups in total. The Bertz CT molecular complexity index is 543. The Morgan fingerprint density at radius 1 is 1.23 bits per heavy atom. The third-order valence-corrected chi connectivity index (χ3v) is 3.85. The van der Waals surface area contributed by atoms with Crippen LogP contribution in [0.3, 0.4) is 0 Å². The number of aliphatic hydroxyl groups is 1. The van der Waals surface area contributed by atoms with Crippen molar-refractivity contribution < 1.29 is 34.5 Å². The molecule has 0 aliphatic heterocycles. The monoisotopic (exact) mass is 391 g/mol. The number of carboxylic acid groups (broad SMARTS) is 2. The lowest BCUT2D eigenvalue weighted by Gasteiger charge is -2.29. The van der Waals surface area contributed by atoms with E-state index in [0.29, 0.717) is 0 Å². The molecule has 11 heteroatoms. The van der Waals surface area contributed by atoms with Crippen LogP contribution in [-0.2, 0) is 19.2 Å². The quantitative estimate of drug-likeness (QED) is 0.145. The van der Waals surface area contributed by atoms with Gasteiger partial charge in [-0.2, -0.15) is 12.6 Å². The molecule has 2 amide bonds. The Hall–Kier alpha value is -2.11. The first kappa shape index (κ1) is 23.9. The fourth-order valence-corrected chi connectivity index (χ4v) is 2.10. The van der Waals surface area contributed by atoms with Gasteiger partial charge in [0.1, 0.15) is 18.6 Å². The molecule has 0 heterocycles. The summed E-state index contributed by atoms with van der Waals surface area (Å²) in [5.41, 5.74) is -1.02. The van der Waals surface area contributed by atoms with Crippen molar-refractivity contribution in [2.75, 3.05) is 18.9 Å². The van der Waals surface area contributed by atoms with Crippen molar-refractivity contribution in [3.8, 4) is 0 Å². The molecule has 3 atom stereocenters. The molecule has 0 saturated heterocycles. The molecule has 0 radical (unpaired) electrons. The highest BCUT2D eigenvalue weighted by atomic mass is 32.1. The van der Waals surface area contributed by atoms with Gasteiger partial charge in [-0.05, 0) is 13.3 Å². The van der Waals surface area contributed by atoms with E-state index in [-0.39, 0.29) is 25.2 Å². The zero-order valence-electron chi connectivity index (χ0n) is 14.4. The normalized spacial score (nSPS) is 15.2. The fraction of sp³-hybridized carbons (Fsp3) is 0.600. The van der Waals surface area contributed by atoms with Crippen LogP contribution >= 0.6 is 12.6 Å². The second-order valence-corrected chi connectivity index (χ2v) is 6.13. The lowest BCUT2D eigenvalue weighted by molar-refractivity contribution is -0.140. The number of nitrogens with one attached hydrogen (secondary N) is 3. The summed E-state index contributed by atoms with van der Waals surface area (Å²) in [4.78, 5) is 45.4. The van der Waals surface area contributed by atoms with Crippen LogP contribution in [0.1, 0.15) is 19.8 Å². The van der Waals surface area contributed by atoms with E-state index in [1.54, 1.807) is 6.92 Å². The molecule has 0 spiro atoms. The molecule has 0 aliphatic carbocycles. The second kappa shape index (κ2) is 11.5. The second-order valence-electron chi connectivity index (χ2n) is 5.77. The predicted octanol–water partition coefficient (Wildman–Crippen LogP) is -1.64. The average Bonchev–Trinajstić information content (AvgIpc) is 2.60. The van der Waals surface area contributed by atoms with Crippen LogP contribution < -0.4 is 16.0 Å². The van der Waals surface area contributed by atoms with Crippen molar-refractivity contribution in [3.05, 3.63) is 12.7 Å². The minimum absolute atomic E-state index is 0.0587. The number of aliphatic hydroxyl groups excluding tert-OH is 1. The van der Waals surface area contributed by atoms with Gasteiger partial charge in [0.05, 0.1) is 12.1 Å². The number of thiol groups is 1. The highest BCUT2D eigenvalue weighted by Crippen LogP contribution is 2.09. The minimum atomic E-state index is -1.23. The Morgan fingerprint density at radius 3 is 2.27 bits per heavy atom. The first-order valence-electron chi connectivity index (χ1n) is 7.73. The van der Waals surface area contributed by atoms with Crippen LogP contribution in [0.25, 0.3) is 0 Å². The summed E-state index contributed by atoms with van der Waals surface area (Å²) in [6, 6.07) is -2.16. The van der Waals surface area contributed by atoms with E-state index >= 15 is 0 Å². The van der Waals surface area contributed by atoms with Crippen molar-refractivity contribution in [1.82, 2.24) is 16.0 Å². The van der Waals surface area contributed by atoms with E-state index in [9.17, 15) is 29.4 Å². The van der Waals surface area contributed by atoms with Gasteiger partial charge in [0, 0.05) is 12.2 Å². The van der Waals surface area contributed by atoms with Crippen molar-refractivity contribution in [2.45, 2.75) is 37.4 Å². The van der Waals surface area contributed by atoms with E-state index in [1.165, 1.54) is 6.08 Å². The summed E-state index contributed by atoms with van der Waals surface area (Å²) in [6.07, 6.45) is 1.06. The number of amides is 2. The summed E-state index contributed by atoms with van der Waals surface area (Å²) in [6.45, 7) is 4.11. The number of carbonyl (C=O) groups excluding carboxylic acids is 2. The number of aliphatic carboxylic acids is 2. The summed E-state index contributed by atoms with van der Waals surface area (Å²) >= 11 is 3.93. The molecule has 10 nitrogen and oxygen atoms in total. The first-order chi connectivity index (χ1) is 12.1. The van der Waals surface area contributed by atoms with Gasteiger partial charge in [0.2, 0.25) is 11.8 Å². The van der Waals surface area contributed by atoms with Gasteiger partial charge in [-0.3, -0.25) is 24.5 Å². The van der Waals surface area contributed by atoms with Gasteiger partial charge in [0.15, 0.2) is 0 Å². The molecule has 0 aromatic carbocycles. The molecule has 0 aromatic heterocycles. The van der Waals surface area contributed by atoms with Crippen molar-refractivity contribution in [3.63, 3.8) is 0 Å². The van der Waals surface area contributed by atoms with E-state index < -0.39 is 47.9 Å². The largest absolute Gasteiger partial charge is 0.480 e. The molecular weight excluding hydrogens is 366 g/mol. The lowest BCUT2D eigenvalue weighted by Crippen LogP contribution is -2.53. The number of rotatable bonds is 13. The van der Waals surface area contributed by atoms with Gasteiger partial charge >= 0.3 is 11.9 Å². The Balaban J connectivity index is 4.67. The van der Waals surface area contributed by atoms with Gasteiger partial charge in [0.25, 0.3) is 0 Å². The van der Waals surface area contributed by atoms with Crippen molar-refractivity contribution in [1.29, 1.82) is 0 Å². The standard InChI is InChI=1S/C15H25N3O7S/c1-3-15(2,8-19)18-9(14(24)25)4-5-11(20)17-10(7-26)13(23)16-6-12(21)22/h3,9-10,18-19,26H,1,4-8H2,2H3,(H,16,23)(H,17,20)(H,21,22)(H,24,25)/t9-,10-,15?/m0/s1. The van der Waals surface area contributed by atoms with Crippen molar-refractivity contribution in [2.24, 2.45) is 0 Å². The molecule has 26 heavy (non-hydrogen) atoms. The number of carboxylic acids is 2. The summed E-state index contributed by atoms with van der Waals surface area (Å²) in [5.74, 6) is -3.79. The molecule has 0 aliphatic rings. The molecular formula is C15H25N3O7S. The third-order valence-electron chi connectivity index (χ3n) is 3.49. The zero-order chi connectivity index (χ0) is 20.3. The SMILES string of the molecule is C=CC(C)(CO)N[C@@H](CCC(=O)N[C@@H](CS)C(=O)NCC(=O)O)C(=O)O. The Kier molecular flexibility index (Phi) is 10.6. The van der Waals surface area contributed by atoms with Gasteiger partial charge in [-0.25, -0.2) is 0 Å². The number of hydrogen-bond donors (Lipinski definition) is 7. The lowest BCUT2D eigenvalue weighted by atomic mass is 10.0. The van der Waals surface area contributed by atoms with Gasteiger partial charge in [-0.15, -0.1) is 6.58 Å². The molecule has 1 unspecified atom stereocenters. The molecule has 0 aromatic rings. The van der Waals surface area contributed by atoms with E-state index in [2.05, 4.69) is 35.2 Å². The maximum atomic E-state index is 12.0. The zero-order valence-corrected chi connectivity index (χ0v) is 15.3. The summed E-state index contributed by atoms with van der Waals surface area (Å²) in [5, 5.41) is 34.2. The minimum Gasteiger partial charge on any atom is -0.480 e. The molecule has 0 saturated carbocycles. The summed E-state index contributed by atoms with van der Waals surface area (Å²) < 4.78 is 0. The molecule has 148 valence electrons. The number of carbonyl (C=O) groups is 4. The Morgan fingerprint density at radius 2 is 1.85 bits per heavy atom. The maximum Gasteiger partial charge on any atom is 0.322 e. The van der Waals surface area contributed by atoms with E-state index in [0.717, 1.165) is 0 Å². The average molecular weight is 391 g/mol. The topological polar surface area (TPSA) is 165 Å². The fourth-order valence-electron chi connectivity index (χ4n) is 1.85. The van der Waals surface area contributed by atoms with Crippen molar-refractivity contribution >= 4 is 36.4 Å². The van der Waals surface area contributed by atoms with Crippen LogP contribution in [0.5, 0.6) is 0 Å². The summed E-state index contributed by atoms with van der Waals surface area (Å²) in [7, 11) is 0.